The van der Waals surface area contributed by atoms with Crippen LogP contribution in [0.25, 0.3) is 0 Å². The molecule has 2 heterocycles. The fourth-order valence-corrected chi connectivity index (χ4v) is 1.90. The number of halogens is 1. The van der Waals surface area contributed by atoms with Gasteiger partial charge in [-0.3, -0.25) is 0 Å². The Morgan fingerprint density at radius 2 is 2.06 bits per heavy atom. The van der Waals surface area contributed by atoms with Crippen molar-refractivity contribution in [2.24, 2.45) is 0 Å². The van der Waals surface area contributed by atoms with Crippen LogP contribution in [0.3, 0.4) is 0 Å². The summed E-state index contributed by atoms with van der Waals surface area (Å²) in [6.07, 6.45) is 3.89. The van der Waals surface area contributed by atoms with Gasteiger partial charge in [0.2, 0.25) is 0 Å². The van der Waals surface area contributed by atoms with Gasteiger partial charge in [0.25, 0.3) is 0 Å². The predicted molar refractivity (Wildman–Crippen MR) is 62.0 cm³/mol. The van der Waals surface area contributed by atoms with E-state index in [1.54, 1.807) is 0 Å². The van der Waals surface area contributed by atoms with Crippen molar-refractivity contribution in [3.05, 3.63) is 30.0 Å². The second-order valence-electron chi connectivity index (χ2n) is 4.05. The van der Waals surface area contributed by atoms with E-state index >= 15 is 0 Å². The lowest BCUT2D eigenvalue weighted by atomic mass is 10.1. The van der Waals surface area contributed by atoms with Crippen LogP contribution in [0.15, 0.2) is 18.5 Å². The van der Waals surface area contributed by atoms with E-state index in [0.29, 0.717) is 17.9 Å². The smallest absolute Gasteiger partial charge is 0.187 e. The average molecular weight is 221 g/mol. The van der Waals surface area contributed by atoms with Crippen LogP contribution in [-0.4, -0.2) is 23.1 Å². The lowest BCUT2D eigenvalue weighted by molar-refractivity contribution is 0.573. The normalized spacial score (nSPS) is 16.6. The van der Waals surface area contributed by atoms with Crippen LogP contribution in [0, 0.1) is 5.82 Å². The largest absolute Gasteiger partial charge is 0.353 e. The van der Waals surface area contributed by atoms with Gasteiger partial charge in [-0.25, -0.2) is 14.4 Å². The van der Waals surface area contributed by atoms with Crippen LogP contribution in [0.5, 0.6) is 0 Å². The first-order chi connectivity index (χ1) is 7.72. The van der Waals surface area contributed by atoms with Crippen molar-refractivity contribution >= 4 is 5.82 Å². The van der Waals surface area contributed by atoms with Gasteiger partial charge in [0, 0.05) is 13.1 Å². The zero-order valence-corrected chi connectivity index (χ0v) is 9.54. The van der Waals surface area contributed by atoms with E-state index in [1.165, 1.54) is 11.9 Å². The van der Waals surface area contributed by atoms with Gasteiger partial charge in [-0.05, 0) is 19.3 Å². The van der Waals surface area contributed by atoms with Crippen LogP contribution in [0.4, 0.5) is 10.2 Å². The molecule has 1 aromatic rings. The van der Waals surface area contributed by atoms with Gasteiger partial charge < -0.3 is 4.90 Å². The van der Waals surface area contributed by atoms with Gasteiger partial charge in [-0.15, -0.1) is 0 Å². The first-order valence-electron chi connectivity index (χ1n) is 5.63. The van der Waals surface area contributed by atoms with Gasteiger partial charge in [0.1, 0.15) is 6.33 Å². The molecule has 3 nitrogen and oxygen atoms in total. The molecule has 1 saturated heterocycles. The van der Waals surface area contributed by atoms with Gasteiger partial charge in [0.15, 0.2) is 11.6 Å². The van der Waals surface area contributed by atoms with Gasteiger partial charge >= 0.3 is 0 Å². The summed E-state index contributed by atoms with van der Waals surface area (Å²) in [5.74, 6) is 0.178. The van der Waals surface area contributed by atoms with Gasteiger partial charge in [-0.1, -0.05) is 19.1 Å². The van der Waals surface area contributed by atoms with E-state index < -0.39 is 0 Å². The molecule has 0 aromatic carbocycles. The lowest BCUT2D eigenvalue weighted by Crippen LogP contribution is -2.32. The van der Waals surface area contributed by atoms with Gasteiger partial charge in [-0.2, -0.15) is 0 Å². The quantitative estimate of drug-likeness (QED) is 0.718. The van der Waals surface area contributed by atoms with E-state index in [2.05, 4.69) is 16.5 Å². The Labute approximate surface area is 95.0 Å². The maximum absolute atomic E-state index is 14.0. The fourth-order valence-electron chi connectivity index (χ4n) is 1.90. The summed E-state index contributed by atoms with van der Waals surface area (Å²) in [7, 11) is 0. The van der Waals surface area contributed by atoms with Crippen LogP contribution in [-0.2, 0) is 6.42 Å². The van der Waals surface area contributed by atoms with E-state index in [-0.39, 0.29) is 5.82 Å². The maximum Gasteiger partial charge on any atom is 0.187 e. The molecule has 4 heteroatoms. The van der Waals surface area contributed by atoms with Crippen molar-refractivity contribution < 1.29 is 4.39 Å². The second-order valence-corrected chi connectivity index (χ2v) is 4.05. The summed E-state index contributed by atoms with van der Waals surface area (Å²) >= 11 is 0. The number of hydrogen-bond donors (Lipinski definition) is 0. The molecular formula is C12H16FN3. The number of anilines is 1. The summed E-state index contributed by atoms with van der Waals surface area (Å²) in [5.41, 5.74) is 1.73. The van der Waals surface area contributed by atoms with Gasteiger partial charge in [0.05, 0.1) is 5.69 Å². The third-order valence-electron chi connectivity index (χ3n) is 2.95. The Hall–Kier alpha value is -1.45. The molecule has 86 valence electrons. The highest BCUT2D eigenvalue weighted by Gasteiger charge is 2.19. The summed E-state index contributed by atoms with van der Waals surface area (Å²) in [4.78, 5) is 9.96. The minimum absolute atomic E-state index is 0.266. The fraction of sp³-hybridized carbons (Fsp3) is 0.500. The molecule has 1 aliphatic heterocycles. The Kier molecular flexibility index (Phi) is 3.17. The highest BCUT2D eigenvalue weighted by Crippen LogP contribution is 2.23. The number of rotatable bonds is 2. The average Bonchev–Trinajstić information content (AvgIpc) is 2.31. The predicted octanol–water partition coefficient (Wildman–Crippen LogP) is 2.33. The van der Waals surface area contributed by atoms with Crippen molar-refractivity contribution in [2.45, 2.75) is 26.2 Å². The first kappa shape index (κ1) is 11.0. The van der Waals surface area contributed by atoms with Crippen molar-refractivity contribution in [1.82, 2.24) is 9.97 Å². The van der Waals surface area contributed by atoms with E-state index in [4.69, 9.17) is 0 Å². The molecular weight excluding hydrogens is 205 g/mol. The van der Waals surface area contributed by atoms with Crippen molar-refractivity contribution in [3.8, 4) is 0 Å². The van der Waals surface area contributed by atoms with Crippen molar-refractivity contribution in [1.29, 1.82) is 0 Å². The Morgan fingerprint density at radius 3 is 2.69 bits per heavy atom. The lowest BCUT2D eigenvalue weighted by Gasteiger charge is -2.29. The van der Waals surface area contributed by atoms with E-state index in [9.17, 15) is 4.39 Å². The molecule has 0 bridgehead atoms. The van der Waals surface area contributed by atoms with Crippen LogP contribution < -0.4 is 4.90 Å². The molecule has 0 saturated carbocycles. The first-order valence-corrected chi connectivity index (χ1v) is 5.63. The molecule has 1 aromatic heterocycles. The highest BCUT2D eigenvalue weighted by atomic mass is 19.1. The number of hydrogen-bond acceptors (Lipinski definition) is 3. The molecule has 0 spiro atoms. The molecule has 0 aliphatic carbocycles. The Morgan fingerprint density at radius 1 is 1.38 bits per heavy atom. The summed E-state index contributed by atoms with van der Waals surface area (Å²) in [5, 5.41) is 0. The third-order valence-corrected chi connectivity index (χ3v) is 2.95. The molecule has 0 atom stereocenters. The second kappa shape index (κ2) is 4.60. The molecule has 2 rings (SSSR count). The number of nitrogens with zero attached hydrogens (tertiary/aromatic N) is 3. The van der Waals surface area contributed by atoms with Crippen LogP contribution >= 0.6 is 0 Å². The summed E-state index contributed by atoms with van der Waals surface area (Å²) in [6.45, 7) is 7.44. The highest BCUT2D eigenvalue weighted by molar-refractivity contribution is 5.42. The topological polar surface area (TPSA) is 29.0 Å². The zero-order valence-electron chi connectivity index (χ0n) is 9.54. The van der Waals surface area contributed by atoms with E-state index in [1.807, 2.05) is 11.8 Å². The Balaban J connectivity index is 2.23. The van der Waals surface area contributed by atoms with Crippen LogP contribution in [0.1, 0.15) is 25.5 Å². The third kappa shape index (κ3) is 2.05. The summed E-state index contributed by atoms with van der Waals surface area (Å²) < 4.78 is 14.0. The molecule has 16 heavy (non-hydrogen) atoms. The summed E-state index contributed by atoms with van der Waals surface area (Å²) in [6, 6.07) is 0. The number of aromatic nitrogens is 2. The number of piperidine rings is 1. The molecule has 0 radical (unpaired) electrons. The minimum Gasteiger partial charge on any atom is -0.353 e. The van der Waals surface area contributed by atoms with Crippen LogP contribution in [0.2, 0.25) is 0 Å². The molecule has 0 amide bonds. The maximum atomic E-state index is 14.0. The Bertz CT molecular complexity index is 393. The SMILES string of the molecule is C=C1CCN(c2ncnc(CC)c2F)CC1. The molecule has 1 aliphatic rings. The van der Waals surface area contributed by atoms with Crippen molar-refractivity contribution in [3.63, 3.8) is 0 Å². The molecule has 0 N–H and O–H groups in total. The molecule has 1 fully saturated rings. The molecule has 0 unspecified atom stereocenters. The minimum atomic E-state index is -0.266. The zero-order chi connectivity index (χ0) is 11.5. The standard InChI is InChI=1S/C12H16FN3/c1-3-10-11(13)12(15-8-14-10)16-6-4-9(2)5-7-16/h8H,2-7H2,1H3. The number of aryl methyl sites for hydroxylation is 1. The van der Waals surface area contributed by atoms with E-state index in [0.717, 1.165) is 25.9 Å². The van der Waals surface area contributed by atoms with Crippen molar-refractivity contribution in [2.75, 3.05) is 18.0 Å². The monoisotopic (exact) mass is 221 g/mol.